The molecule has 1 aromatic carbocycles. The molecule has 1 aliphatic carbocycles. The van der Waals surface area contributed by atoms with Gasteiger partial charge in [0.2, 0.25) is 0 Å². The van der Waals surface area contributed by atoms with Crippen LogP contribution in [0.1, 0.15) is 48.4 Å². The van der Waals surface area contributed by atoms with Gasteiger partial charge in [0.25, 0.3) is 0 Å². The zero-order valence-electron chi connectivity index (χ0n) is 9.26. The van der Waals surface area contributed by atoms with Crippen molar-refractivity contribution >= 4 is 0 Å². The number of piperidine rings is 1. The van der Waals surface area contributed by atoms with Crippen molar-refractivity contribution in [3.63, 3.8) is 0 Å². The molecule has 1 heterocycles. The second-order valence-electron chi connectivity index (χ2n) is 4.88. The molecule has 1 nitrogen and oxygen atoms in total. The highest BCUT2D eigenvalue weighted by Crippen LogP contribution is 2.28. The SMILES string of the molecule is c1cc2c(cc1C1CCCCN1)CCC2. The highest BCUT2D eigenvalue weighted by Gasteiger charge is 2.17. The van der Waals surface area contributed by atoms with Gasteiger partial charge in [0.15, 0.2) is 0 Å². The van der Waals surface area contributed by atoms with Crippen LogP contribution >= 0.6 is 0 Å². The van der Waals surface area contributed by atoms with E-state index in [0.29, 0.717) is 6.04 Å². The molecule has 3 rings (SSSR count). The summed E-state index contributed by atoms with van der Waals surface area (Å²) in [6.07, 6.45) is 8.01. The lowest BCUT2D eigenvalue weighted by atomic mass is 9.95. The number of aryl methyl sites for hydroxylation is 2. The van der Waals surface area contributed by atoms with Gasteiger partial charge in [-0.05, 0) is 55.3 Å². The molecule has 80 valence electrons. The predicted octanol–water partition coefficient (Wildman–Crippen LogP) is 2.99. The molecule has 0 spiro atoms. The molecule has 0 amide bonds. The van der Waals surface area contributed by atoms with Gasteiger partial charge in [-0.3, -0.25) is 0 Å². The average Bonchev–Trinajstić information content (AvgIpc) is 2.77. The number of benzene rings is 1. The van der Waals surface area contributed by atoms with E-state index in [1.165, 1.54) is 50.6 Å². The first kappa shape index (κ1) is 9.41. The average molecular weight is 201 g/mol. The lowest BCUT2D eigenvalue weighted by Crippen LogP contribution is -2.26. The summed E-state index contributed by atoms with van der Waals surface area (Å²) in [5.74, 6) is 0. The fraction of sp³-hybridized carbons (Fsp3) is 0.571. The third-order valence-corrected chi connectivity index (χ3v) is 3.84. The quantitative estimate of drug-likeness (QED) is 0.736. The maximum atomic E-state index is 3.63. The van der Waals surface area contributed by atoms with Crippen LogP contribution in [0.25, 0.3) is 0 Å². The van der Waals surface area contributed by atoms with E-state index in [4.69, 9.17) is 0 Å². The van der Waals surface area contributed by atoms with E-state index in [-0.39, 0.29) is 0 Å². The summed E-state index contributed by atoms with van der Waals surface area (Å²) in [6.45, 7) is 1.20. The Morgan fingerprint density at radius 1 is 1.00 bits per heavy atom. The molecule has 2 aliphatic rings. The Bertz CT molecular complexity index is 350. The number of hydrogen-bond donors (Lipinski definition) is 1. The summed E-state index contributed by atoms with van der Waals surface area (Å²) in [4.78, 5) is 0. The van der Waals surface area contributed by atoms with Crippen molar-refractivity contribution in [2.45, 2.75) is 44.6 Å². The highest BCUT2D eigenvalue weighted by atomic mass is 14.9. The fourth-order valence-corrected chi connectivity index (χ4v) is 2.94. The van der Waals surface area contributed by atoms with Gasteiger partial charge in [-0.1, -0.05) is 24.6 Å². The van der Waals surface area contributed by atoms with Gasteiger partial charge in [-0.2, -0.15) is 0 Å². The van der Waals surface area contributed by atoms with Gasteiger partial charge in [0.05, 0.1) is 0 Å². The number of fused-ring (bicyclic) bond motifs is 1. The van der Waals surface area contributed by atoms with E-state index in [2.05, 4.69) is 23.5 Å². The normalized spacial score (nSPS) is 25.2. The van der Waals surface area contributed by atoms with Gasteiger partial charge in [0, 0.05) is 6.04 Å². The largest absolute Gasteiger partial charge is 0.310 e. The van der Waals surface area contributed by atoms with Crippen LogP contribution in [0.4, 0.5) is 0 Å². The van der Waals surface area contributed by atoms with Crippen molar-refractivity contribution in [1.82, 2.24) is 5.32 Å². The number of rotatable bonds is 1. The van der Waals surface area contributed by atoms with E-state index < -0.39 is 0 Å². The van der Waals surface area contributed by atoms with Crippen LogP contribution in [-0.4, -0.2) is 6.54 Å². The van der Waals surface area contributed by atoms with Crippen LogP contribution in [0.5, 0.6) is 0 Å². The Hall–Kier alpha value is -0.820. The molecule has 1 fully saturated rings. The molecular weight excluding hydrogens is 182 g/mol. The minimum Gasteiger partial charge on any atom is -0.310 e. The first-order chi connectivity index (χ1) is 7.43. The standard InChI is InChI=1S/C14H19N/c1-2-9-15-14(6-1)13-8-7-11-4-3-5-12(11)10-13/h7-8,10,14-15H,1-6,9H2. The summed E-state index contributed by atoms with van der Waals surface area (Å²) < 4.78 is 0. The Labute approximate surface area is 91.9 Å². The number of nitrogens with one attached hydrogen (secondary N) is 1. The van der Waals surface area contributed by atoms with Crippen molar-refractivity contribution in [2.24, 2.45) is 0 Å². The van der Waals surface area contributed by atoms with E-state index in [0.717, 1.165) is 0 Å². The third-order valence-electron chi connectivity index (χ3n) is 3.84. The van der Waals surface area contributed by atoms with Crippen LogP contribution in [0, 0.1) is 0 Å². The summed E-state index contributed by atoms with van der Waals surface area (Å²) in [5.41, 5.74) is 4.73. The summed E-state index contributed by atoms with van der Waals surface area (Å²) in [5, 5.41) is 3.63. The lowest BCUT2D eigenvalue weighted by Gasteiger charge is -2.24. The Morgan fingerprint density at radius 3 is 2.80 bits per heavy atom. The fourth-order valence-electron chi connectivity index (χ4n) is 2.94. The molecule has 0 bridgehead atoms. The molecule has 1 saturated heterocycles. The van der Waals surface area contributed by atoms with Crippen LogP contribution < -0.4 is 5.32 Å². The number of hydrogen-bond acceptors (Lipinski definition) is 1. The van der Waals surface area contributed by atoms with Gasteiger partial charge < -0.3 is 5.32 Å². The first-order valence-corrected chi connectivity index (χ1v) is 6.28. The van der Waals surface area contributed by atoms with Crippen molar-refractivity contribution in [2.75, 3.05) is 6.54 Å². The van der Waals surface area contributed by atoms with Crippen molar-refractivity contribution in [1.29, 1.82) is 0 Å². The molecule has 1 heteroatoms. The topological polar surface area (TPSA) is 12.0 Å². The molecule has 1 atom stereocenters. The third kappa shape index (κ3) is 1.81. The molecule has 15 heavy (non-hydrogen) atoms. The van der Waals surface area contributed by atoms with Gasteiger partial charge in [-0.15, -0.1) is 0 Å². The first-order valence-electron chi connectivity index (χ1n) is 6.28. The van der Waals surface area contributed by atoms with Crippen molar-refractivity contribution in [3.05, 3.63) is 34.9 Å². The van der Waals surface area contributed by atoms with Crippen LogP contribution in [0.15, 0.2) is 18.2 Å². The van der Waals surface area contributed by atoms with Gasteiger partial charge in [0.1, 0.15) is 0 Å². The van der Waals surface area contributed by atoms with E-state index in [9.17, 15) is 0 Å². The molecule has 1 aromatic rings. The molecule has 1 unspecified atom stereocenters. The molecular formula is C14H19N. The summed E-state index contributed by atoms with van der Waals surface area (Å²) in [6, 6.07) is 7.77. The molecule has 1 N–H and O–H groups in total. The minimum atomic E-state index is 0.629. The second-order valence-corrected chi connectivity index (χ2v) is 4.88. The molecule has 1 aliphatic heterocycles. The van der Waals surface area contributed by atoms with Crippen LogP contribution in [0.2, 0.25) is 0 Å². The maximum Gasteiger partial charge on any atom is 0.0320 e. The minimum absolute atomic E-state index is 0.629. The smallest absolute Gasteiger partial charge is 0.0320 e. The highest BCUT2D eigenvalue weighted by molar-refractivity contribution is 5.36. The predicted molar refractivity (Wildman–Crippen MR) is 63.1 cm³/mol. The maximum absolute atomic E-state index is 3.63. The molecule has 0 aromatic heterocycles. The van der Waals surface area contributed by atoms with Crippen molar-refractivity contribution < 1.29 is 0 Å². The van der Waals surface area contributed by atoms with Gasteiger partial charge >= 0.3 is 0 Å². The van der Waals surface area contributed by atoms with E-state index >= 15 is 0 Å². The van der Waals surface area contributed by atoms with E-state index in [1.807, 2.05) is 0 Å². The van der Waals surface area contributed by atoms with Crippen LogP contribution in [-0.2, 0) is 12.8 Å². The molecule has 0 saturated carbocycles. The zero-order chi connectivity index (χ0) is 10.1. The monoisotopic (exact) mass is 201 g/mol. The Balaban J connectivity index is 1.85. The summed E-state index contributed by atoms with van der Waals surface area (Å²) in [7, 11) is 0. The van der Waals surface area contributed by atoms with Crippen LogP contribution in [0.3, 0.4) is 0 Å². The second kappa shape index (κ2) is 3.97. The Morgan fingerprint density at radius 2 is 1.93 bits per heavy atom. The zero-order valence-corrected chi connectivity index (χ0v) is 9.26. The lowest BCUT2D eigenvalue weighted by molar-refractivity contribution is 0.412. The van der Waals surface area contributed by atoms with Gasteiger partial charge in [-0.25, -0.2) is 0 Å². The Kier molecular flexibility index (Phi) is 2.49. The summed E-state index contributed by atoms with van der Waals surface area (Å²) >= 11 is 0. The molecule has 0 radical (unpaired) electrons. The van der Waals surface area contributed by atoms with E-state index in [1.54, 1.807) is 11.1 Å². The van der Waals surface area contributed by atoms with Crippen molar-refractivity contribution in [3.8, 4) is 0 Å².